The van der Waals surface area contributed by atoms with E-state index < -0.39 is 12.1 Å². The molecule has 2 aromatic rings. The first-order valence-corrected chi connectivity index (χ1v) is 8.15. The van der Waals surface area contributed by atoms with Crippen molar-refractivity contribution < 1.29 is 14.3 Å². The van der Waals surface area contributed by atoms with Crippen LogP contribution in [0.4, 0.5) is 5.69 Å². The Hall–Kier alpha value is -2.62. The Labute approximate surface area is 142 Å². The number of carbonyl (C=O) groups is 2. The fourth-order valence-corrected chi connectivity index (χ4v) is 3.10. The Morgan fingerprint density at radius 1 is 1.12 bits per heavy atom. The number of ether oxygens (including phenoxy) is 1. The Kier molecular flexibility index (Phi) is 4.38. The maximum absolute atomic E-state index is 12.7. The van der Waals surface area contributed by atoms with Gasteiger partial charge in [0.25, 0.3) is 5.91 Å². The molecule has 0 aliphatic carbocycles. The lowest BCUT2D eigenvalue weighted by molar-refractivity contribution is -0.126. The van der Waals surface area contributed by atoms with Crippen LogP contribution in [-0.2, 0) is 16.0 Å². The van der Waals surface area contributed by atoms with Crippen molar-refractivity contribution in [2.75, 3.05) is 11.4 Å². The fraction of sp³-hybridized carbons (Fsp3) is 0.300. The first-order valence-electron chi connectivity index (χ1n) is 8.15. The van der Waals surface area contributed by atoms with E-state index in [1.54, 1.807) is 17.9 Å². The summed E-state index contributed by atoms with van der Waals surface area (Å²) >= 11 is 0. The number of amides is 1. The Morgan fingerprint density at radius 2 is 1.88 bits per heavy atom. The maximum Gasteiger partial charge on any atom is 0.339 e. The molecule has 1 amide bonds. The van der Waals surface area contributed by atoms with Gasteiger partial charge in [-0.15, -0.1) is 0 Å². The Bertz CT molecular complexity index is 797. The van der Waals surface area contributed by atoms with Gasteiger partial charge in [-0.05, 0) is 50.5 Å². The summed E-state index contributed by atoms with van der Waals surface area (Å²) in [4.78, 5) is 26.7. The van der Waals surface area contributed by atoms with Crippen LogP contribution in [0.2, 0.25) is 0 Å². The molecule has 0 fully saturated rings. The minimum Gasteiger partial charge on any atom is -0.449 e. The number of rotatable bonds is 3. The normalized spacial score (nSPS) is 14.2. The number of hydrogen-bond donors (Lipinski definition) is 0. The lowest BCUT2D eigenvalue weighted by Crippen LogP contribution is -2.39. The number of benzene rings is 2. The number of nitrogens with zero attached hydrogens (tertiary/aromatic N) is 1. The average Bonchev–Trinajstić information content (AvgIpc) is 2.97. The van der Waals surface area contributed by atoms with E-state index in [9.17, 15) is 9.59 Å². The first-order chi connectivity index (χ1) is 11.5. The van der Waals surface area contributed by atoms with Crippen LogP contribution in [0.3, 0.4) is 0 Å². The molecule has 4 heteroatoms. The minimum atomic E-state index is -0.815. The molecular formula is C20H21NO3. The molecule has 0 spiro atoms. The van der Waals surface area contributed by atoms with Crippen LogP contribution >= 0.6 is 0 Å². The third-order valence-electron chi connectivity index (χ3n) is 4.39. The number of aryl methyl sites for hydroxylation is 2. The molecule has 4 nitrogen and oxygen atoms in total. The van der Waals surface area contributed by atoms with E-state index in [1.165, 1.54) is 0 Å². The largest absolute Gasteiger partial charge is 0.449 e. The van der Waals surface area contributed by atoms with E-state index in [-0.39, 0.29) is 5.91 Å². The molecule has 2 aromatic carbocycles. The minimum absolute atomic E-state index is 0.182. The quantitative estimate of drug-likeness (QED) is 0.813. The average molecular weight is 323 g/mol. The Morgan fingerprint density at radius 3 is 2.62 bits per heavy atom. The zero-order valence-electron chi connectivity index (χ0n) is 14.2. The van der Waals surface area contributed by atoms with Gasteiger partial charge in [0.15, 0.2) is 6.10 Å². The third-order valence-corrected chi connectivity index (χ3v) is 4.39. The van der Waals surface area contributed by atoms with Gasteiger partial charge in [0.2, 0.25) is 0 Å². The van der Waals surface area contributed by atoms with Crippen LogP contribution in [0.15, 0.2) is 42.5 Å². The second-order valence-electron chi connectivity index (χ2n) is 6.23. The zero-order valence-corrected chi connectivity index (χ0v) is 14.2. The Balaban J connectivity index is 1.72. The zero-order chi connectivity index (χ0) is 17.3. The van der Waals surface area contributed by atoms with E-state index in [1.807, 2.05) is 50.2 Å². The third kappa shape index (κ3) is 3.04. The molecule has 1 aliphatic rings. The highest BCUT2D eigenvalue weighted by atomic mass is 16.5. The maximum atomic E-state index is 12.7. The summed E-state index contributed by atoms with van der Waals surface area (Å²) in [6.45, 7) is 6.10. The number of para-hydroxylation sites is 1. The van der Waals surface area contributed by atoms with Crippen molar-refractivity contribution in [1.82, 2.24) is 0 Å². The van der Waals surface area contributed by atoms with E-state index in [2.05, 4.69) is 0 Å². The molecule has 24 heavy (non-hydrogen) atoms. The summed E-state index contributed by atoms with van der Waals surface area (Å²) < 4.78 is 5.42. The molecule has 0 aromatic heterocycles. The molecule has 3 rings (SSSR count). The van der Waals surface area contributed by atoms with E-state index in [0.717, 1.165) is 28.8 Å². The SMILES string of the molecule is Cc1ccc(C(=O)OC(C)C(=O)N2CCc3ccccc32)c(C)c1. The van der Waals surface area contributed by atoms with E-state index >= 15 is 0 Å². The second kappa shape index (κ2) is 6.48. The summed E-state index contributed by atoms with van der Waals surface area (Å²) in [5.74, 6) is -0.640. The molecule has 0 N–H and O–H groups in total. The van der Waals surface area contributed by atoms with Gasteiger partial charge in [-0.3, -0.25) is 4.79 Å². The van der Waals surface area contributed by atoms with Crippen molar-refractivity contribution in [3.63, 3.8) is 0 Å². The number of fused-ring (bicyclic) bond motifs is 1. The van der Waals surface area contributed by atoms with Gasteiger partial charge in [-0.25, -0.2) is 4.79 Å². The van der Waals surface area contributed by atoms with Gasteiger partial charge in [0.1, 0.15) is 0 Å². The summed E-state index contributed by atoms with van der Waals surface area (Å²) in [5.41, 5.74) is 4.51. The van der Waals surface area contributed by atoms with Crippen molar-refractivity contribution >= 4 is 17.6 Å². The number of esters is 1. The summed E-state index contributed by atoms with van der Waals surface area (Å²) in [6, 6.07) is 13.4. The predicted octanol–water partition coefficient (Wildman–Crippen LogP) is 3.44. The van der Waals surface area contributed by atoms with Gasteiger partial charge in [-0.2, -0.15) is 0 Å². The molecule has 0 radical (unpaired) electrons. The van der Waals surface area contributed by atoms with Crippen molar-refractivity contribution in [1.29, 1.82) is 0 Å². The van der Waals surface area contributed by atoms with Crippen LogP contribution < -0.4 is 4.90 Å². The molecule has 0 bridgehead atoms. The van der Waals surface area contributed by atoms with Gasteiger partial charge < -0.3 is 9.64 Å². The smallest absolute Gasteiger partial charge is 0.339 e. The second-order valence-corrected chi connectivity index (χ2v) is 6.23. The highest BCUT2D eigenvalue weighted by Crippen LogP contribution is 2.28. The van der Waals surface area contributed by atoms with Gasteiger partial charge in [0, 0.05) is 12.2 Å². The van der Waals surface area contributed by atoms with Crippen LogP contribution in [0, 0.1) is 13.8 Å². The highest BCUT2D eigenvalue weighted by Gasteiger charge is 2.30. The summed E-state index contributed by atoms with van der Waals surface area (Å²) in [7, 11) is 0. The molecule has 1 atom stereocenters. The van der Waals surface area contributed by atoms with Crippen molar-refractivity contribution in [2.45, 2.75) is 33.3 Å². The predicted molar refractivity (Wildman–Crippen MR) is 93.3 cm³/mol. The topological polar surface area (TPSA) is 46.6 Å². The van der Waals surface area contributed by atoms with Gasteiger partial charge in [-0.1, -0.05) is 35.9 Å². The fourth-order valence-electron chi connectivity index (χ4n) is 3.10. The number of hydrogen-bond acceptors (Lipinski definition) is 3. The van der Waals surface area contributed by atoms with Crippen molar-refractivity contribution in [2.24, 2.45) is 0 Å². The van der Waals surface area contributed by atoms with E-state index in [4.69, 9.17) is 4.74 Å². The number of carbonyl (C=O) groups excluding carboxylic acids is 2. The molecular weight excluding hydrogens is 302 g/mol. The number of anilines is 1. The monoisotopic (exact) mass is 323 g/mol. The molecule has 1 unspecified atom stereocenters. The van der Waals surface area contributed by atoms with Crippen LogP contribution in [0.1, 0.15) is 34.0 Å². The van der Waals surface area contributed by atoms with Crippen LogP contribution in [-0.4, -0.2) is 24.5 Å². The van der Waals surface area contributed by atoms with Crippen molar-refractivity contribution in [3.05, 3.63) is 64.7 Å². The lowest BCUT2D eigenvalue weighted by atomic mass is 10.1. The first kappa shape index (κ1) is 16.2. The molecule has 124 valence electrons. The molecule has 0 saturated heterocycles. The molecule has 1 heterocycles. The van der Waals surface area contributed by atoms with E-state index in [0.29, 0.717) is 12.1 Å². The van der Waals surface area contributed by atoms with Crippen molar-refractivity contribution in [3.8, 4) is 0 Å². The highest BCUT2D eigenvalue weighted by molar-refractivity contribution is 6.00. The lowest BCUT2D eigenvalue weighted by Gasteiger charge is -2.22. The van der Waals surface area contributed by atoms with Gasteiger partial charge >= 0.3 is 5.97 Å². The van der Waals surface area contributed by atoms with Crippen LogP contribution in [0.25, 0.3) is 0 Å². The summed E-state index contributed by atoms with van der Waals surface area (Å²) in [5, 5.41) is 0. The summed E-state index contributed by atoms with van der Waals surface area (Å²) in [6.07, 6.45) is 0.0176. The van der Waals surface area contributed by atoms with Crippen LogP contribution in [0.5, 0.6) is 0 Å². The molecule has 0 saturated carbocycles. The van der Waals surface area contributed by atoms with Gasteiger partial charge in [0.05, 0.1) is 5.56 Å². The standard InChI is InChI=1S/C20H21NO3/c1-13-8-9-17(14(2)12-13)20(23)24-15(3)19(22)21-11-10-16-6-4-5-7-18(16)21/h4-9,12,15H,10-11H2,1-3H3. The molecule has 1 aliphatic heterocycles.